The normalized spacial score (nSPS) is 13.7. The molecule has 7 aromatic rings. The molecule has 7 aromatic carbocycles. The molecular formula is C43H29O2P. The van der Waals surface area contributed by atoms with Gasteiger partial charge < -0.3 is 9.30 Å². The zero-order valence-corrected chi connectivity index (χ0v) is 25.9. The maximum atomic E-state index is 15.0. The Morgan fingerprint density at radius 3 is 1.46 bits per heavy atom. The summed E-state index contributed by atoms with van der Waals surface area (Å²) in [5.74, 6) is 1.72. The van der Waals surface area contributed by atoms with Crippen molar-refractivity contribution in [1.82, 2.24) is 0 Å². The van der Waals surface area contributed by atoms with Crippen LogP contribution in [0.15, 0.2) is 176 Å². The number of benzene rings is 7. The summed E-state index contributed by atoms with van der Waals surface area (Å²) in [5.41, 5.74) is 8.85. The number of rotatable bonds is 4. The third-order valence-electron chi connectivity index (χ3n) is 9.66. The van der Waals surface area contributed by atoms with E-state index in [1.807, 2.05) is 78.9 Å². The first-order valence-electron chi connectivity index (χ1n) is 15.6. The fourth-order valence-corrected chi connectivity index (χ4v) is 10.3. The van der Waals surface area contributed by atoms with Gasteiger partial charge in [0.05, 0.1) is 5.41 Å². The van der Waals surface area contributed by atoms with Crippen molar-refractivity contribution in [3.05, 3.63) is 198 Å². The SMILES string of the molecule is O=P(c1ccccc1)(c1ccccc1)c1ccc(-c2cccc3c2Oc2ccccc2C32c3ccccc3-c3ccccc32)cc1. The molecule has 0 radical (unpaired) electrons. The Hall–Kier alpha value is -5.43. The minimum absolute atomic E-state index is 0.510. The summed E-state index contributed by atoms with van der Waals surface area (Å²) in [6.07, 6.45) is 0. The van der Waals surface area contributed by atoms with Gasteiger partial charge in [0.1, 0.15) is 11.5 Å². The van der Waals surface area contributed by atoms with Crippen molar-refractivity contribution >= 4 is 23.1 Å². The van der Waals surface area contributed by atoms with Crippen molar-refractivity contribution in [3.8, 4) is 33.8 Å². The second kappa shape index (κ2) is 10.3. The van der Waals surface area contributed by atoms with Crippen LogP contribution in [0.5, 0.6) is 11.5 Å². The summed E-state index contributed by atoms with van der Waals surface area (Å²) in [7, 11) is -3.08. The van der Waals surface area contributed by atoms with E-state index in [9.17, 15) is 0 Å². The lowest BCUT2D eigenvalue weighted by Gasteiger charge is -2.40. The van der Waals surface area contributed by atoms with Crippen molar-refractivity contribution in [2.45, 2.75) is 5.41 Å². The van der Waals surface area contributed by atoms with Gasteiger partial charge in [0, 0.05) is 32.6 Å². The summed E-state index contributed by atoms with van der Waals surface area (Å²) in [5, 5.41) is 2.46. The minimum atomic E-state index is -3.08. The van der Waals surface area contributed by atoms with E-state index in [-0.39, 0.29) is 0 Å². The molecule has 1 aliphatic carbocycles. The highest BCUT2D eigenvalue weighted by Gasteiger charge is 2.51. The molecule has 0 atom stereocenters. The van der Waals surface area contributed by atoms with E-state index in [2.05, 4.69) is 97.1 Å². The topological polar surface area (TPSA) is 26.3 Å². The van der Waals surface area contributed by atoms with Gasteiger partial charge in [-0.25, -0.2) is 0 Å². The van der Waals surface area contributed by atoms with Crippen LogP contribution in [0.4, 0.5) is 0 Å². The first kappa shape index (κ1) is 26.9. The molecule has 0 saturated carbocycles. The molecule has 0 fully saturated rings. The lowest BCUT2D eigenvalue weighted by molar-refractivity contribution is 0.438. The lowest BCUT2D eigenvalue weighted by Crippen LogP contribution is -2.32. The van der Waals surface area contributed by atoms with Gasteiger partial charge in [0.25, 0.3) is 0 Å². The highest BCUT2D eigenvalue weighted by atomic mass is 31.2. The monoisotopic (exact) mass is 608 g/mol. The van der Waals surface area contributed by atoms with E-state index in [0.29, 0.717) is 0 Å². The highest BCUT2D eigenvalue weighted by Crippen LogP contribution is 2.63. The van der Waals surface area contributed by atoms with Gasteiger partial charge in [-0.1, -0.05) is 170 Å². The van der Waals surface area contributed by atoms with Crippen LogP contribution >= 0.6 is 7.14 Å². The molecule has 3 heteroatoms. The van der Waals surface area contributed by atoms with Crippen LogP contribution in [0.3, 0.4) is 0 Å². The molecule has 0 saturated heterocycles. The van der Waals surface area contributed by atoms with Crippen LogP contribution in [-0.2, 0) is 9.98 Å². The average molecular weight is 609 g/mol. The largest absolute Gasteiger partial charge is 0.456 e. The number of para-hydroxylation sites is 2. The predicted octanol–water partition coefficient (Wildman–Crippen LogP) is 9.46. The van der Waals surface area contributed by atoms with Crippen LogP contribution in [0.25, 0.3) is 22.3 Å². The fourth-order valence-electron chi connectivity index (χ4n) is 7.68. The molecule has 2 aliphatic rings. The fraction of sp³-hybridized carbons (Fsp3) is 0.0233. The predicted molar refractivity (Wildman–Crippen MR) is 189 cm³/mol. The maximum Gasteiger partial charge on any atom is 0.171 e. The van der Waals surface area contributed by atoms with E-state index in [1.165, 1.54) is 22.3 Å². The summed E-state index contributed by atoms with van der Waals surface area (Å²) >= 11 is 0. The van der Waals surface area contributed by atoms with Crippen molar-refractivity contribution in [3.63, 3.8) is 0 Å². The molecule has 0 amide bonds. The number of hydrogen-bond donors (Lipinski definition) is 0. The molecule has 0 bridgehead atoms. The molecule has 2 nitrogen and oxygen atoms in total. The Kier molecular flexibility index (Phi) is 6.03. The van der Waals surface area contributed by atoms with Gasteiger partial charge in [-0.15, -0.1) is 0 Å². The van der Waals surface area contributed by atoms with Gasteiger partial charge in [0.15, 0.2) is 7.14 Å². The lowest BCUT2D eigenvalue weighted by atomic mass is 9.65. The molecule has 0 N–H and O–H groups in total. The molecule has 0 unspecified atom stereocenters. The van der Waals surface area contributed by atoms with Crippen LogP contribution in [0, 0.1) is 0 Å². The highest BCUT2D eigenvalue weighted by molar-refractivity contribution is 7.85. The van der Waals surface area contributed by atoms with Crippen LogP contribution in [0.2, 0.25) is 0 Å². The molecule has 1 aliphatic heterocycles. The Bertz CT molecular complexity index is 2220. The molecule has 46 heavy (non-hydrogen) atoms. The van der Waals surface area contributed by atoms with Gasteiger partial charge in [-0.2, -0.15) is 0 Å². The quantitative estimate of drug-likeness (QED) is 0.186. The van der Waals surface area contributed by atoms with Crippen LogP contribution in [-0.4, -0.2) is 0 Å². The minimum Gasteiger partial charge on any atom is -0.456 e. The van der Waals surface area contributed by atoms with E-state index >= 15 is 4.57 Å². The Morgan fingerprint density at radius 1 is 0.391 bits per heavy atom. The third-order valence-corrected chi connectivity index (χ3v) is 12.7. The zero-order valence-electron chi connectivity index (χ0n) is 25.0. The number of hydrogen-bond acceptors (Lipinski definition) is 2. The first-order chi connectivity index (χ1) is 22.7. The van der Waals surface area contributed by atoms with Crippen molar-refractivity contribution in [2.24, 2.45) is 0 Å². The average Bonchev–Trinajstić information content (AvgIpc) is 3.43. The van der Waals surface area contributed by atoms with E-state index in [1.54, 1.807) is 0 Å². The van der Waals surface area contributed by atoms with Crippen LogP contribution < -0.4 is 20.7 Å². The number of ether oxygens (including phenoxy) is 1. The van der Waals surface area contributed by atoms with Crippen molar-refractivity contribution < 1.29 is 9.30 Å². The summed E-state index contributed by atoms with van der Waals surface area (Å²) in [6, 6.07) is 60.4. The van der Waals surface area contributed by atoms with E-state index in [4.69, 9.17) is 4.74 Å². The Labute approximate surface area is 269 Å². The number of fused-ring (bicyclic) bond motifs is 9. The molecule has 218 valence electrons. The smallest absolute Gasteiger partial charge is 0.171 e. The van der Waals surface area contributed by atoms with Gasteiger partial charge in [-0.05, 0) is 33.9 Å². The van der Waals surface area contributed by atoms with Crippen molar-refractivity contribution in [2.75, 3.05) is 0 Å². The first-order valence-corrected chi connectivity index (χ1v) is 17.3. The second-order valence-corrected chi connectivity index (χ2v) is 14.7. The van der Waals surface area contributed by atoms with Crippen molar-refractivity contribution in [1.29, 1.82) is 0 Å². The summed E-state index contributed by atoms with van der Waals surface area (Å²) in [6.45, 7) is 0. The standard InChI is InChI=1S/C43H29O2P/c44-46(31-14-3-1-4-15-31,32-16-5-2-6-17-32)33-28-26-30(27-29-33)34-20-13-24-40-42(34)45-41-25-12-11-23-39(41)43(40)37-21-9-7-18-35(37)36-19-8-10-22-38(36)43/h1-29H. The van der Waals surface area contributed by atoms with Gasteiger partial charge >= 0.3 is 0 Å². The second-order valence-electron chi connectivity index (χ2n) is 11.9. The molecule has 0 aromatic heterocycles. The summed E-state index contributed by atoms with van der Waals surface area (Å²) < 4.78 is 21.9. The molecule has 1 heterocycles. The zero-order chi connectivity index (χ0) is 30.7. The van der Waals surface area contributed by atoms with E-state index < -0.39 is 12.6 Å². The molecule has 1 spiro atoms. The van der Waals surface area contributed by atoms with Crippen LogP contribution in [0.1, 0.15) is 22.3 Å². The third kappa shape index (κ3) is 3.68. The van der Waals surface area contributed by atoms with E-state index in [0.717, 1.165) is 49.7 Å². The van der Waals surface area contributed by atoms with Gasteiger partial charge in [0.2, 0.25) is 0 Å². The Balaban J connectivity index is 1.25. The summed E-state index contributed by atoms with van der Waals surface area (Å²) in [4.78, 5) is 0. The Morgan fingerprint density at radius 2 is 0.848 bits per heavy atom. The maximum absolute atomic E-state index is 15.0. The molecular weight excluding hydrogens is 579 g/mol. The van der Waals surface area contributed by atoms with Gasteiger partial charge in [-0.3, -0.25) is 0 Å². The molecule has 9 rings (SSSR count).